The zero-order chi connectivity index (χ0) is 11.7. The number of carbonyl (C=O) groups excluding carboxylic acids is 1. The molecule has 0 radical (unpaired) electrons. The van der Waals surface area contributed by atoms with Crippen LogP contribution in [-0.4, -0.2) is 49.2 Å². The third kappa shape index (κ3) is 2.38. The summed E-state index contributed by atoms with van der Waals surface area (Å²) in [4.78, 5) is 14.3. The fourth-order valence-corrected chi connectivity index (χ4v) is 2.73. The number of ether oxygens (including phenoxy) is 1. The van der Waals surface area contributed by atoms with Gasteiger partial charge in [0.05, 0.1) is 18.1 Å². The van der Waals surface area contributed by atoms with Crippen LogP contribution in [0.25, 0.3) is 0 Å². The van der Waals surface area contributed by atoms with Gasteiger partial charge in [-0.2, -0.15) is 0 Å². The van der Waals surface area contributed by atoms with E-state index in [1.54, 1.807) is 0 Å². The molecular weight excluding hydrogens is 204 g/mol. The predicted molar refractivity (Wildman–Crippen MR) is 62.1 cm³/mol. The summed E-state index contributed by atoms with van der Waals surface area (Å²) in [6.45, 7) is 9.50. The maximum Gasteiger partial charge on any atom is 0.227 e. The zero-order valence-corrected chi connectivity index (χ0v) is 10.4. The molecule has 0 aromatic rings. The van der Waals surface area contributed by atoms with Crippen LogP contribution in [0.5, 0.6) is 0 Å². The molecule has 92 valence electrons. The molecule has 2 fully saturated rings. The quantitative estimate of drug-likeness (QED) is 0.707. The van der Waals surface area contributed by atoms with E-state index in [0.29, 0.717) is 11.8 Å². The number of carbonyl (C=O) groups is 1. The van der Waals surface area contributed by atoms with Crippen LogP contribution in [0.1, 0.15) is 20.8 Å². The lowest BCUT2D eigenvalue weighted by Crippen LogP contribution is -2.51. The fourth-order valence-electron chi connectivity index (χ4n) is 2.73. The van der Waals surface area contributed by atoms with E-state index >= 15 is 0 Å². The number of nitrogens with one attached hydrogen (secondary N) is 1. The summed E-state index contributed by atoms with van der Waals surface area (Å²) in [5.41, 5.74) is 0. The molecule has 4 heteroatoms. The van der Waals surface area contributed by atoms with Crippen molar-refractivity contribution in [3.05, 3.63) is 0 Å². The van der Waals surface area contributed by atoms with Crippen molar-refractivity contribution in [1.29, 1.82) is 0 Å². The number of hydrogen-bond acceptors (Lipinski definition) is 3. The minimum atomic E-state index is 0.164. The van der Waals surface area contributed by atoms with Gasteiger partial charge in [0.2, 0.25) is 5.91 Å². The molecule has 0 saturated carbocycles. The van der Waals surface area contributed by atoms with Crippen LogP contribution in [0.15, 0.2) is 0 Å². The van der Waals surface area contributed by atoms with Gasteiger partial charge in [-0.1, -0.05) is 6.92 Å². The second-order valence-electron chi connectivity index (χ2n) is 5.24. The molecular formula is C12H22N2O2. The minimum absolute atomic E-state index is 0.164. The first-order chi connectivity index (χ1) is 7.58. The predicted octanol–water partition coefficient (Wildman–Crippen LogP) is 0.478. The van der Waals surface area contributed by atoms with Crippen molar-refractivity contribution in [3.8, 4) is 0 Å². The Morgan fingerprint density at radius 1 is 1.19 bits per heavy atom. The Labute approximate surface area is 97.3 Å². The van der Waals surface area contributed by atoms with Crippen LogP contribution in [0, 0.1) is 11.8 Å². The van der Waals surface area contributed by atoms with E-state index in [1.165, 1.54) is 0 Å². The lowest BCUT2D eigenvalue weighted by molar-refractivity contribution is -0.147. The number of nitrogens with zero attached hydrogens (tertiary/aromatic N) is 1. The van der Waals surface area contributed by atoms with E-state index in [-0.39, 0.29) is 18.1 Å². The molecule has 2 aliphatic heterocycles. The van der Waals surface area contributed by atoms with E-state index in [1.807, 2.05) is 18.7 Å². The monoisotopic (exact) mass is 226 g/mol. The van der Waals surface area contributed by atoms with E-state index in [0.717, 1.165) is 26.2 Å². The van der Waals surface area contributed by atoms with Gasteiger partial charge < -0.3 is 15.0 Å². The first-order valence-corrected chi connectivity index (χ1v) is 6.23. The van der Waals surface area contributed by atoms with Crippen LogP contribution in [-0.2, 0) is 9.53 Å². The SMILES string of the molecule is CC1CN(C(=O)[C@@H]2CNC[C@H]2C)CC(C)O1. The topological polar surface area (TPSA) is 41.6 Å². The van der Waals surface area contributed by atoms with Crippen LogP contribution in [0.3, 0.4) is 0 Å². The van der Waals surface area contributed by atoms with Crippen molar-refractivity contribution in [1.82, 2.24) is 10.2 Å². The standard InChI is InChI=1S/C12H22N2O2/c1-8-4-13-5-11(8)12(15)14-6-9(2)16-10(3)7-14/h8-11,13H,4-7H2,1-3H3/t8-,9?,10?,11-/m1/s1. The van der Waals surface area contributed by atoms with E-state index < -0.39 is 0 Å². The first-order valence-electron chi connectivity index (χ1n) is 6.23. The number of amides is 1. The summed E-state index contributed by atoms with van der Waals surface area (Å²) in [6, 6.07) is 0. The molecule has 2 unspecified atom stereocenters. The summed E-state index contributed by atoms with van der Waals surface area (Å²) < 4.78 is 5.65. The Morgan fingerprint density at radius 3 is 2.31 bits per heavy atom. The third-order valence-electron chi connectivity index (χ3n) is 3.57. The molecule has 1 N–H and O–H groups in total. The highest BCUT2D eigenvalue weighted by Gasteiger charge is 2.35. The van der Waals surface area contributed by atoms with E-state index in [4.69, 9.17) is 4.74 Å². The number of hydrogen-bond donors (Lipinski definition) is 1. The maximum atomic E-state index is 12.3. The van der Waals surface area contributed by atoms with Crippen molar-refractivity contribution >= 4 is 5.91 Å². The van der Waals surface area contributed by atoms with Crippen molar-refractivity contribution in [2.24, 2.45) is 11.8 Å². The second-order valence-corrected chi connectivity index (χ2v) is 5.24. The second kappa shape index (κ2) is 4.72. The third-order valence-corrected chi connectivity index (χ3v) is 3.57. The van der Waals surface area contributed by atoms with Crippen LogP contribution in [0.2, 0.25) is 0 Å². The summed E-state index contributed by atoms with van der Waals surface area (Å²) in [7, 11) is 0. The van der Waals surface area contributed by atoms with Crippen LogP contribution >= 0.6 is 0 Å². The lowest BCUT2D eigenvalue weighted by atomic mass is 9.96. The normalized spacial score (nSPS) is 40.1. The molecule has 2 aliphatic rings. The molecule has 2 saturated heterocycles. The smallest absolute Gasteiger partial charge is 0.227 e. The van der Waals surface area contributed by atoms with Crippen molar-refractivity contribution in [3.63, 3.8) is 0 Å². The lowest BCUT2D eigenvalue weighted by Gasteiger charge is -2.37. The van der Waals surface area contributed by atoms with Gasteiger partial charge in [0.15, 0.2) is 0 Å². The van der Waals surface area contributed by atoms with Gasteiger partial charge in [0.1, 0.15) is 0 Å². The van der Waals surface area contributed by atoms with Gasteiger partial charge in [-0.25, -0.2) is 0 Å². The fraction of sp³-hybridized carbons (Fsp3) is 0.917. The van der Waals surface area contributed by atoms with Crippen molar-refractivity contribution in [2.75, 3.05) is 26.2 Å². The molecule has 0 aromatic carbocycles. The largest absolute Gasteiger partial charge is 0.372 e. The highest BCUT2D eigenvalue weighted by atomic mass is 16.5. The number of morpholine rings is 1. The minimum Gasteiger partial charge on any atom is -0.372 e. The Hall–Kier alpha value is -0.610. The Morgan fingerprint density at radius 2 is 1.81 bits per heavy atom. The molecule has 1 amide bonds. The Kier molecular flexibility index (Phi) is 3.50. The van der Waals surface area contributed by atoms with Gasteiger partial charge in [-0.3, -0.25) is 4.79 Å². The zero-order valence-electron chi connectivity index (χ0n) is 10.4. The molecule has 16 heavy (non-hydrogen) atoms. The molecule has 0 aromatic heterocycles. The van der Waals surface area contributed by atoms with Crippen molar-refractivity contribution in [2.45, 2.75) is 33.0 Å². The van der Waals surface area contributed by atoms with Crippen molar-refractivity contribution < 1.29 is 9.53 Å². The Balaban J connectivity index is 1.98. The summed E-state index contributed by atoms with van der Waals surface area (Å²) in [5, 5.41) is 3.29. The molecule has 0 bridgehead atoms. The van der Waals surface area contributed by atoms with Gasteiger partial charge >= 0.3 is 0 Å². The van der Waals surface area contributed by atoms with Crippen LogP contribution < -0.4 is 5.32 Å². The Bertz CT molecular complexity index is 260. The molecule has 4 nitrogen and oxygen atoms in total. The molecule has 0 aliphatic carbocycles. The highest BCUT2D eigenvalue weighted by Crippen LogP contribution is 2.21. The average molecular weight is 226 g/mol. The summed E-state index contributed by atoms with van der Waals surface area (Å²) in [6.07, 6.45) is 0.328. The highest BCUT2D eigenvalue weighted by molar-refractivity contribution is 5.80. The summed E-state index contributed by atoms with van der Waals surface area (Å²) >= 11 is 0. The molecule has 2 heterocycles. The van der Waals surface area contributed by atoms with E-state index in [9.17, 15) is 4.79 Å². The average Bonchev–Trinajstić information content (AvgIpc) is 2.62. The van der Waals surface area contributed by atoms with Gasteiger partial charge in [0.25, 0.3) is 0 Å². The molecule has 4 atom stereocenters. The molecule has 2 rings (SSSR count). The summed E-state index contributed by atoms with van der Waals surface area (Å²) in [5.74, 6) is 0.929. The maximum absolute atomic E-state index is 12.3. The van der Waals surface area contributed by atoms with Crippen LogP contribution in [0.4, 0.5) is 0 Å². The first kappa shape index (κ1) is 11.9. The molecule has 0 spiro atoms. The van der Waals surface area contributed by atoms with Gasteiger partial charge in [-0.05, 0) is 26.3 Å². The van der Waals surface area contributed by atoms with Gasteiger partial charge in [0, 0.05) is 19.6 Å². The number of rotatable bonds is 1. The van der Waals surface area contributed by atoms with E-state index in [2.05, 4.69) is 12.2 Å². The van der Waals surface area contributed by atoms with Gasteiger partial charge in [-0.15, -0.1) is 0 Å².